The second-order valence-corrected chi connectivity index (χ2v) is 9.62. The van der Waals surface area contributed by atoms with E-state index in [1.54, 1.807) is 48.7 Å². The number of hydrogen-bond acceptors (Lipinski definition) is 5. The molecule has 0 bridgehead atoms. The van der Waals surface area contributed by atoms with Gasteiger partial charge in [-0.2, -0.15) is 5.10 Å². The normalized spacial score (nSPS) is 11.1. The Bertz CT molecular complexity index is 1510. The first kappa shape index (κ1) is 23.7. The average molecular weight is 490 g/mol. The van der Waals surface area contributed by atoms with E-state index in [4.69, 9.17) is 5.73 Å². The van der Waals surface area contributed by atoms with Crippen LogP contribution in [0.25, 0.3) is 5.69 Å². The molecule has 0 aliphatic carbocycles. The summed E-state index contributed by atoms with van der Waals surface area (Å²) in [5.41, 5.74) is 9.22. The molecule has 0 aliphatic heterocycles. The number of aromatic nitrogens is 2. The van der Waals surface area contributed by atoms with Crippen LogP contribution in [0.5, 0.6) is 0 Å². The molecule has 9 nitrogen and oxygen atoms in total. The van der Waals surface area contributed by atoms with Gasteiger partial charge in [0.05, 0.1) is 10.6 Å². The van der Waals surface area contributed by atoms with Gasteiger partial charge in [0.15, 0.2) is 0 Å². The van der Waals surface area contributed by atoms with E-state index in [-0.39, 0.29) is 16.5 Å². The summed E-state index contributed by atoms with van der Waals surface area (Å²) in [5, 5.41) is 6.87. The van der Waals surface area contributed by atoms with Crippen molar-refractivity contribution >= 4 is 33.2 Å². The van der Waals surface area contributed by atoms with Crippen LogP contribution in [0, 0.1) is 13.8 Å². The topological polar surface area (TPSA) is 136 Å². The Morgan fingerprint density at radius 1 is 0.857 bits per heavy atom. The number of carbonyl (C=O) groups is 2. The van der Waals surface area contributed by atoms with Crippen LogP contribution < -0.4 is 15.8 Å². The first-order valence-electron chi connectivity index (χ1n) is 10.6. The minimum atomic E-state index is -3.75. The second-order valence-electron chi connectivity index (χ2n) is 7.94. The van der Waals surface area contributed by atoms with Crippen molar-refractivity contribution in [1.29, 1.82) is 0 Å². The Labute approximate surface area is 202 Å². The summed E-state index contributed by atoms with van der Waals surface area (Å²) in [7, 11) is -3.75. The third-order valence-electron chi connectivity index (χ3n) is 5.42. The van der Waals surface area contributed by atoms with Crippen LogP contribution in [0.2, 0.25) is 0 Å². The molecule has 10 heteroatoms. The Kier molecular flexibility index (Phi) is 6.39. The monoisotopic (exact) mass is 489 g/mol. The maximum atomic E-state index is 12.7. The molecule has 0 aliphatic rings. The Morgan fingerprint density at radius 2 is 1.51 bits per heavy atom. The fraction of sp³-hybridized carbons (Fsp3) is 0.0800. The Morgan fingerprint density at radius 3 is 2.11 bits per heavy atom. The molecule has 0 saturated carbocycles. The van der Waals surface area contributed by atoms with E-state index in [2.05, 4.69) is 15.1 Å². The number of benzene rings is 3. The maximum Gasteiger partial charge on any atom is 0.269 e. The van der Waals surface area contributed by atoms with Crippen LogP contribution in [0.15, 0.2) is 83.9 Å². The van der Waals surface area contributed by atoms with Crippen LogP contribution in [-0.2, 0) is 10.0 Å². The lowest BCUT2D eigenvalue weighted by Gasteiger charge is -2.11. The standard InChI is InChI=1S/C25H23N5O4S/c1-16-3-12-22(15-17(16)2)35(33,34)29-20-6-4-18(5-7-20)25(32)27-19-8-10-21(11-9-19)30-14-13-23(28-30)24(26)31/h3-15,29H,1-2H3,(H2,26,31)(H,27,32). The summed E-state index contributed by atoms with van der Waals surface area (Å²) in [6.07, 6.45) is 1.61. The molecule has 1 heterocycles. The van der Waals surface area contributed by atoms with E-state index in [1.165, 1.54) is 35.0 Å². The van der Waals surface area contributed by atoms with Gasteiger partial charge in [-0.05, 0) is 91.7 Å². The number of aryl methyl sites for hydroxylation is 2. The summed E-state index contributed by atoms with van der Waals surface area (Å²) in [6, 6.07) is 19.5. The van der Waals surface area contributed by atoms with Gasteiger partial charge in [0.25, 0.3) is 21.8 Å². The second kappa shape index (κ2) is 9.43. The third-order valence-corrected chi connectivity index (χ3v) is 6.80. The molecule has 0 fully saturated rings. The predicted octanol–water partition coefficient (Wildman–Crippen LogP) is 3.64. The molecule has 0 saturated heterocycles. The average Bonchev–Trinajstić information content (AvgIpc) is 3.32. The molecule has 0 radical (unpaired) electrons. The van der Waals surface area contributed by atoms with Gasteiger partial charge in [-0.1, -0.05) is 6.07 Å². The minimum Gasteiger partial charge on any atom is -0.364 e. The van der Waals surface area contributed by atoms with Crippen LogP contribution in [-0.4, -0.2) is 30.0 Å². The van der Waals surface area contributed by atoms with Gasteiger partial charge in [-0.15, -0.1) is 0 Å². The number of nitrogens with two attached hydrogens (primary N) is 1. The number of nitrogens with zero attached hydrogens (tertiary/aromatic N) is 2. The van der Waals surface area contributed by atoms with Gasteiger partial charge in [-0.3, -0.25) is 14.3 Å². The minimum absolute atomic E-state index is 0.155. The number of sulfonamides is 1. The number of hydrogen-bond donors (Lipinski definition) is 3. The molecule has 4 N–H and O–H groups in total. The number of rotatable bonds is 7. The van der Waals surface area contributed by atoms with Gasteiger partial charge in [0, 0.05) is 23.1 Å². The molecule has 4 rings (SSSR count). The van der Waals surface area contributed by atoms with E-state index < -0.39 is 15.9 Å². The molecule has 35 heavy (non-hydrogen) atoms. The van der Waals surface area contributed by atoms with Crippen LogP contribution >= 0.6 is 0 Å². The predicted molar refractivity (Wildman–Crippen MR) is 133 cm³/mol. The van der Waals surface area contributed by atoms with Crippen LogP contribution in [0.3, 0.4) is 0 Å². The smallest absolute Gasteiger partial charge is 0.269 e. The van der Waals surface area contributed by atoms with Gasteiger partial charge >= 0.3 is 0 Å². The number of anilines is 2. The molecule has 4 aromatic rings. The fourth-order valence-corrected chi connectivity index (χ4v) is 4.43. The lowest BCUT2D eigenvalue weighted by atomic mass is 10.1. The summed E-state index contributed by atoms with van der Waals surface area (Å²) in [6.45, 7) is 3.77. The van der Waals surface area contributed by atoms with E-state index in [9.17, 15) is 18.0 Å². The van der Waals surface area contributed by atoms with Crippen molar-refractivity contribution in [2.24, 2.45) is 5.73 Å². The largest absolute Gasteiger partial charge is 0.364 e. The lowest BCUT2D eigenvalue weighted by Crippen LogP contribution is -2.14. The highest BCUT2D eigenvalue weighted by molar-refractivity contribution is 7.92. The Balaban J connectivity index is 1.41. The summed E-state index contributed by atoms with van der Waals surface area (Å²) in [5.74, 6) is -0.965. The zero-order valence-electron chi connectivity index (χ0n) is 19.0. The highest BCUT2D eigenvalue weighted by Crippen LogP contribution is 2.20. The van der Waals surface area contributed by atoms with E-state index in [0.717, 1.165) is 11.1 Å². The highest BCUT2D eigenvalue weighted by Gasteiger charge is 2.15. The van der Waals surface area contributed by atoms with Crippen molar-refractivity contribution in [3.05, 3.63) is 101 Å². The lowest BCUT2D eigenvalue weighted by molar-refractivity contribution is 0.0993. The SMILES string of the molecule is Cc1ccc(S(=O)(=O)Nc2ccc(C(=O)Nc3ccc(-n4ccc(C(N)=O)n4)cc3)cc2)cc1C. The van der Waals surface area contributed by atoms with Gasteiger partial charge in [-0.25, -0.2) is 13.1 Å². The molecular weight excluding hydrogens is 466 g/mol. The highest BCUT2D eigenvalue weighted by atomic mass is 32.2. The summed E-state index contributed by atoms with van der Waals surface area (Å²) < 4.78 is 29.4. The van der Waals surface area contributed by atoms with Crippen molar-refractivity contribution < 1.29 is 18.0 Å². The van der Waals surface area contributed by atoms with E-state index in [0.29, 0.717) is 22.6 Å². The van der Waals surface area contributed by atoms with E-state index in [1.807, 2.05) is 13.8 Å². The van der Waals surface area contributed by atoms with Crippen molar-refractivity contribution in [2.75, 3.05) is 10.0 Å². The number of amides is 2. The zero-order chi connectivity index (χ0) is 25.2. The first-order chi connectivity index (χ1) is 16.6. The molecule has 0 unspecified atom stereocenters. The number of primary amides is 1. The quantitative estimate of drug-likeness (QED) is 0.364. The third kappa shape index (κ3) is 5.39. The molecule has 3 aromatic carbocycles. The van der Waals surface area contributed by atoms with Crippen molar-refractivity contribution in [3.8, 4) is 5.69 Å². The molecular formula is C25H23N5O4S. The maximum absolute atomic E-state index is 12.7. The molecule has 1 aromatic heterocycles. The summed E-state index contributed by atoms with van der Waals surface area (Å²) >= 11 is 0. The van der Waals surface area contributed by atoms with Gasteiger partial charge in [0.2, 0.25) is 0 Å². The van der Waals surface area contributed by atoms with Crippen LogP contribution in [0.1, 0.15) is 32.0 Å². The summed E-state index contributed by atoms with van der Waals surface area (Å²) in [4.78, 5) is 24.0. The molecule has 0 spiro atoms. The molecule has 178 valence electrons. The van der Waals surface area contributed by atoms with Crippen molar-refractivity contribution in [1.82, 2.24) is 9.78 Å². The Hall–Kier alpha value is -4.44. The van der Waals surface area contributed by atoms with Crippen molar-refractivity contribution in [2.45, 2.75) is 18.7 Å². The van der Waals surface area contributed by atoms with Gasteiger partial charge in [0.1, 0.15) is 5.69 Å². The fourth-order valence-electron chi connectivity index (χ4n) is 3.28. The van der Waals surface area contributed by atoms with Crippen molar-refractivity contribution in [3.63, 3.8) is 0 Å². The van der Waals surface area contributed by atoms with Gasteiger partial charge < -0.3 is 11.1 Å². The zero-order valence-corrected chi connectivity index (χ0v) is 19.8. The van der Waals surface area contributed by atoms with E-state index >= 15 is 0 Å². The first-order valence-corrected chi connectivity index (χ1v) is 12.1. The number of carbonyl (C=O) groups excluding carboxylic acids is 2. The molecule has 0 atom stereocenters. The molecule has 2 amide bonds. The van der Waals surface area contributed by atoms with Crippen LogP contribution in [0.4, 0.5) is 11.4 Å². The number of nitrogens with one attached hydrogen (secondary N) is 2.